The molecular formula is C12H28O2Si. The second kappa shape index (κ2) is 6.66. The van der Waals surface area contributed by atoms with Crippen LogP contribution in [0.5, 0.6) is 0 Å². The maximum absolute atomic E-state index is 6.02. The first kappa shape index (κ1) is 15.1. The third-order valence-electron chi connectivity index (χ3n) is 2.98. The fourth-order valence-corrected chi connectivity index (χ4v) is 3.81. The molecule has 0 atom stereocenters. The molecule has 0 bridgehead atoms. The molecular weight excluding hydrogens is 204 g/mol. The van der Waals surface area contributed by atoms with Gasteiger partial charge in [0.25, 0.3) is 0 Å². The van der Waals surface area contributed by atoms with E-state index in [2.05, 4.69) is 48.5 Å². The van der Waals surface area contributed by atoms with Crippen LogP contribution in [0.1, 0.15) is 61.3 Å². The fraction of sp³-hybridized carbons (Fsp3) is 1.00. The van der Waals surface area contributed by atoms with Gasteiger partial charge in [-0.3, -0.25) is 0 Å². The molecule has 0 saturated heterocycles. The Kier molecular flexibility index (Phi) is 6.72. The highest BCUT2D eigenvalue weighted by Crippen LogP contribution is 2.38. The van der Waals surface area contributed by atoms with Gasteiger partial charge in [0.15, 0.2) is 0 Å². The summed E-state index contributed by atoms with van der Waals surface area (Å²) in [5, 5.41) is 0.258. The fourth-order valence-electron chi connectivity index (χ4n) is 1.44. The van der Waals surface area contributed by atoms with Crippen molar-refractivity contribution in [1.29, 1.82) is 0 Å². The zero-order chi connectivity index (χ0) is 12.1. The Labute approximate surface area is 97.2 Å². The van der Waals surface area contributed by atoms with E-state index in [1.807, 2.05) is 0 Å². The van der Waals surface area contributed by atoms with Gasteiger partial charge in [-0.05, 0) is 40.5 Å². The third-order valence-corrected chi connectivity index (χ3v) is 6.51. The minimum Gasteiger partial charge on any atom is -0.394 e. The minimum atomic E-state index is -1.58. The molecule has 0 heterocycles. The molecule has 0 fully saturated rings. The third kappa shape index (κ3) is 5.14. The van der Waals surface area contributed by atoms with Crippen LogP contribution in [0.2, 0.25) is 5.04 Å². The lowest BCUT2D eigenvalue weighted by molar-refractivity contribution is 0.109. The molecule has 0 aromatic carbocycles. The number of rotatable bonds is 7. The van der Waals surface area contributed by atoms with E-state index in [0.717, 1.165) is 12.8 Å². The molecule has 0 rings (SSSR count). The van der Waals surface area contributed by atoms with Crippen LogP contribution in [0.4, 0.5) is 0 Å². The van der Waals surface area contributed by atoms with Crippen LogP contribution in [0.25, 0.3) is 0 Å². The smallest absolute Gasteiger partial charge is 0.327 e. The summed E-state index contributed by atoms with van der Waals surface area (Å²) >= 11 is 0. The maximum atomic E-state index is 6.02. The van der Waals surface area contributed by atoms with Gasteiger partial charge < -0.3 is 8.85 Å². The minimum absolute atomic E-state index is 0.258. The Morgan fingerprint density at radius 1 is 0.933 bits per heavy atom. The molecule has 0 aliphatic carbocycles. The van der Waals surface area contributed by atoms with Crippen molar-refractivity contribution in [1.82, 2.24) is 0 Å². The van der Waals surface area contributed by atoms with Crippen LogP contribution >= 0.6 is 0 Å². The first-order valence-electron chi connectivity index (χ1n) is 6.16. The summed E-state index contributed by atoms with van der Waals surface area (Å²) in [5.74, 6) is 0. The van der Waals surface area contributed by atoms with Crippen molar-refractivity contribution in [2.45, 2.75) is 78.6 Å². The molecule has 0 aliphatic rings. The monoisotopic (exact) mass is 232 g/mol. The van der Waals surface area contributed by atoms with Crippen LogP contribution in [-0.4, -0.2) is 21.5 Å². The Morgan fingerprint density at radius 2 is 1.27 bits per heavy atom. The van der Waals surface area contributed by atoms with E-state index in [0.29, 0.717) is 0 Å². The molecule has 0 aromatic heterocycles. The van der Waals surface area contributed by atoms with Crippen molar-refractivity contribution in [2.24, 2.45) is 0 Å². The quantitative estimate of drug-likeness (QED) is 0.624. The van der Waals surface area contributed by atoms with Crippen molar-refractivity contribution >= 4 is 9.28 Å². The average Bonchev–Trinajstić information content (AvgIpc) is 2.14. The second-order valence-corrected chi connectivity index (χ2v) is 7.66. The number of hydrogen-bond donors (Lipinski definition) is 0. The highest BCUT2D eigenvalue weighted by molar-refractivity contribution is 6.48. The Morgan fingerprint density at radius 3 is 1.47 bits per heavy atom. The second-order valence-electron chi connectivity index (χ2n) is 5.06. The van der Waals surface area contributed by atoms with E-state index < -0.39 is 9.28 Å². The summed E-state index contributed by atoms with van der Waals surface area (Å²) in [5.41, 5.74) is 0. The highest BCUT2D eigenvalue weighted by atomic mass is 28.3. The molecule has 2 nitrogen and oxygen atoms in total. The molecule has 3 heteroatoms. The summed E-state index contributed by atoms with van der Waals surface area (Å²) < 4.78 is 12.0. The summed E-state index contributed by atoms with van der Waals surface area (Å²) in [6.07, 6.45) is 2.83. The lowest BCUT2D eigenvalue weighted by Crippen LogP contribution is -2.40. The summed E-state index contributed by atoms with van der Waals surface area (Å²) in [6.45, 7) is 15.1. The Hall–Kier alpha value is 0.137. The molecule has 0 radical (unpaired) electrons. The van der Waals surface area contributed by atoms with Gasteiger partial charge in [-0.2, -0.15) is 0 Å². The van der Waals surface area contributed by atoms with Crippen molar-refractivity contribution in [3.8, 4) is 0 Å². The van der Waals surface area contributed by atoms with Crippen molar-refractivity contribution in [3.63, 3.8) is 0 Å². The van der Waals surface area contributed by atoms with E-state index in [1.54, 1.807) is 0 Å². The van der Waals surface area contributed by atoms with Crippen LogP contribution in [-0.2, 0) is 8.85 Å². The topological polar surface area (TPSA) is 18.5 Å². The lowest BCUT2D eigenvalue weighted by atomic mass is 10.1. The van der Waals surface area contributed by atoms with Crippen LogP contribution in [0, 0.1) is 0 Å². The molecule has 0 amide bonds. The van der Waals surface area contributed by atoms with Crippen molar-refractivity contribution in [2.75, 3.05) is 0 Å². The van der Waals surface area contributed by atoms with Crippen LogP contribution in [0.15, 0.2) is 0 Å². The van der Waals surface area contributed by atoms with Crippen LogP contribution < -0.4 is 0 Å². The van der Waals surface area contributed by atoms with Gasteiger partial charge in [0, 0.05) is 17.2 Å². The normalized spacial score (nSPS) is 13.2. The zero-order valence-electron chi connectivity index (χ0n) is 11.5. The Bertz CT molecular complexity index is 155. The van der Waals surface area contributed by atoms with Gasteiger partial charge >= 0.3 is 9.28 Å². The van der Waals surface area contributed by atoms with E-state index in [9.17, 15) is 0 Å². The SMILES string of the molecule is CCC(C)(CC)[SiH](OC(C)C)OC(C)C. The molecule has 0 aromatic rings. The van der Waals surface area contributed by atoms with E-state index in [4.69, 9.17) is 8.85 Å². The lowest BCUT2D eigenvalue weighted by Gasteiger charge is -2.36. The predicted octanol–water partition coefficient (Wildman–Crippen LogP) is 3.64. The largest absolute Gasteiger partial charge is 0.394 e. The van der Waals surface area contributed by atoms with E-state index in [1.165, 1.54) is 0 Å². The molecule has 0 N–H and O–H groups in total. The van der Waals surface area contributed by atoms with Crippen LogP contribution in [0.3, 0.4) is 0 Å². The van der Waals surface area contributed by atoms with Crippen molar-refractivity contribution < 1.29 is 8.85 Å². The Balaban J connectivity index is 4.58. The van der Waals surface area contributed by atoms with Gasteiger partial charge in [-0.25, -0.2) is 0 Å². The van der Waals surface area contributed by atoms with Gasteiger partial charge in [0.05, 0.1) is 0 Å². The van der Waals surface area contributed by atoms with Crippen molar-refractivity contribution in [3.05, 3.63) is 0 Å². The van der Waals surface area contributed by atoms with E-state index in [-0.39, 0.29) is 17.2 Å². The average molecular weight is 232 g/mol. The highest BCUT2D eigenvalue weighted by Gasteiger charge is 2.37. The molecule has 0 spiro atoms. The summed E-state index contributed by atoms with van der Waals surface area (Å²) in [6, 6.07) is 0. The molecule has 0 aliphatic heterocycles. The summed E-state index contributed by atoms with van der Waals surface area (Å²) in [4.78, 5) is 0. The standard InChI is InChI=1S/C12H28O2Si/c1-8-12(7,9-2)15(13-10(3)4)14-11(5)6/h10-11,15H,8-9H2,1-7H3. The van der Waals surface area contributed by atoms with Gasteiger partial charge in [-0.1, -0.05) is 20.8 Å². The first-order valence-corrected chi connectivity index (χ1v) is 7.68. The molecule has 15 heavy (non-hydrogen) atoms. The molecule has 0 unspecified atom stereocenters. The maximum Gasteiger partial charge on any atom is 0.327 e. The first-order chi connectivity index (χ1) is 6.85. The van der Waals surface area contributed by atoms with Gasteiger partial charge in [0.2, 0.25) is 0 Å². The molecule has 0 saturated carbocycles. The predicted molar refractivity (Wildman–Crippen MR) is 68.5 cm³/mol. The van der Waals surface area contributed by atoms with Gasteiger partial charge in [0.1, 0.15) is 0 Å². The van der Waals surface area contributed by atoms with Gasteiger partial charge in [-0.15, -0.1) is 0 Å². The summed E-state index contributed by atoms with van der Waals surface area (Å²) in [7, 11) is -1.58. The molecule has 92 valence electrons. The number of hydrogen-bond acceptors (Lipinski definition) is 2. The zero-order valence-corrected chi connectivity index (χ0v) is 12.6. The van der Waals surface area contributed by atoms with E-state index >= 15 is 0 Å².